The lowest BCUT2D eigenvalue weighted by atomic mass is 9.88. The van der Waals surface area contributed by atoms with Crippen LogP contribution < -0.4 is 4.57 Å². The number of nitrogens with zero attached hydrogens (tertiary/aromatic N) is 1. The molecule has 0 spiro atoms. The molecule has 1 nitrogen and oxygen atoms in total. The lowest BCUT2D eigenvalue weighted by Crippen LogP contribution is -2.32. The zero-order valence-corrected chi connectivity index (χ0v) is 17.6. The standard InChI is InChI=1S/C26H32N/c1-17(2)22-15-26(27(7)16-25(22)18(3)4)24-14-23(19(5)13-20(24)6)21-11-9-8-10-12-21/h8-18H,1-7H3/q+1/i17D,18D. The lowest BCUT2D eigenvalue weighted by Gasteiger charge is -2.17. The molecule has 0 fully saturated rings. The molecule has 1 heteroatoms. The summed E-state index contributed by atoms with van der Waals surface area (Å²) in [4.78, 5) is 0. The SMILES string of the molecule is [2H]C(C)(C)c1cc(-c2cc(-c3ccccc3)c(C)cc2C)[n+](C)cc1C([2H])(C)C. The van der Waals surface area contributed by atoms with Crippen LogP contribution in [0.3, 0.4) is 0 Å². The summed E-state index contributed by atoms with van der Waals surface area (Å²) in [5.74, 6) is -1.54. The average molecular weight is 361 g/mol. The molecule has 27 heavy (non-hydrogen) atoms. The highest BCUT2D eigenvalue weighted by Gasteiger charge is 2.21. The Morgan fingerprint density at radius 3 is 1.96 bits per heavy atom. The lowest BCUT2D eigenvalue weighted by molar-refractivity contribution is -0.661. The molecular weight excluding hydrogens is 326 g/mol. The first-order valence-electron chi connectivity index (χ1n) is 10.6. The number of hydrogen-bond donors (Lipinski definition) is 0. The second kappa shape index (κ2) is 7.68. The molecule has 0 saturated carbocycles. The van der Waals surface area contributed by atoms with E-state index in [0.29, 0.717) is 0 Å². The van der Waals surface area contributed by atoms with Gasteiger partial charge in [0.2, 0.25) is 5.69 Å². The van der Waals surface area contributed by atoms with Gasteiger partial charge in [0.25, 0.3) is 0 Å². The summed E-state index contributed by atoms with van der Waals surface area (Å²) in [5, 5.41) is 0. The molecule has 0 unspecified atom stereocenters. The molecule has 0 amide bonds. The van der Waals surface area contributed by atoms with E-state index in [2.05, 4.69) is 60.9 Å². The smallest absolute Gasteiger partial charge is 0.201 e. The zero-order valence-electron chi connectivity index (χ0n) is 19.6. The maximum atomic E-state index is 8.70. The van der Waals surface area contributed by atoms with Crippen molar-refractivity contribution in [3.05, 3.63) is 77.0 Å². The summed E-state index contributed by atoms with van der Waals surface area (Å²) in [6.07, 6.45) is 2.04. The van der Waals surface area contributed by atoms with Crippen molar-refractivity contribution >= 4 is 0 Å². The molecule has 1 aromatic heterocycles. The van der Waals surface area contributed by atoms with E-state index in [4.69, 9.17) is 2.74 Å². The molecular formula is C26H32N+. The van der Waals surface area contributed by atoms with Crippen molar-refractivity contribution in [2.24, 2.45) is 7.05 Å². The average Bonchev–Trinajstić information content (AvgIpc) is 2.61. The Balaban J connectivity index is 2.29. The number of benzene rings is 2. The van der Waals surface area contributed by atoms with E-state index in [1.807, 2.05) is 47.0 Å². The van der Waals surface area contributed by atoms with Crippen LogP contribution in [0.15, 0.2) is 54.7 Å². The normalized spacial score (nSPS) is 13.3. The van der Waals surface area contributed by atoms with Crippen molar-refractivity contribution in [1.82, 2.24) is 0 Å². The number of hydrogen-bond acceptors (Lipinski definition) is 0. The first-order valence-corrected chi connectivity index (χ1v) is 9.61. The van der Waals surface area contributed by atoms with Gasteiger partial charge in [-0.05, 0) is 59.5 Å². The fraction of sp³-hybridized carbons (Fsp3) is 0.346. The van der Waals surface area contributed by atoms with Gasteiger partial charge in [0, 0.05) is 19.9 Å². The molecule has 2 aromatic carbocycles. The molecule has 0 radical (unpaired) electrons. The van der Waals surface area contributed by atoms with Crippen molar-refractivity contribution in [3.8, 4) is 22.4 Å². The van der Waals surface area contributed by atoms with Crippen LogP contribution in [-0.4, -0.2) is 0 Å². The Hall–Kier alpha value is -2.41. The highest BCUT2D eigenvalue weighted by atomic mass is 14.9. The predicted molar refractivity (Wildman–Crippen MR) is 116 cm³/mol. The highest BCUT2D eigenvalue weighted by Crippen LogP contribution is 2.33. The molecule has 140 valence electrons. The Morgan fingerprint density at radius 1 is 0.778 bits per heavy atom. The summed E-state index contributed by atoms with van der Waals surface area (Å²) in [6, 6.07) is 17.1. The Labute approximate surface area is 167 Å². The second-order valence-electron chi connectivity index (χ2n) is 7.95. The van der Waals surface area contributed by atoms with Gasteiger partial charge < -0.3 is 0 Å². The van der Waals surface area contributed by atoms with E-state index < -0.39 is 11.8 Å². The van der Waals surface area contributed by atoms with Gasteiger partial charge in [0.05, 0.1) is 0 Å². The maximum Gasteiger partial charge on any atom is 0.212 e. The van der Waals surface area contributed by atoms with Crippen molar-refractivity contribution < 1.29 is 7.31 Å². The third-order valence-corrected chi connectivity index (χ3v) is 5.28. The van der Waals surface area contributed by atoms with Crippen LogP contribution in [0.5, 0.6) is 0 Å². The largest absolute Gasteiger partial charge is 0.212 e. The highest BCUT2D eigenvalue weighted by molar-refractivity contribution is 5.75. The van der Waals surface area contributed by atoms with Crippen molar-refractivity contribution in [1.29, 1.82) is 0 Å². The van der Waals surface area contributed by atoms with Gasteiger partial charge in [-0.3, -0.25) is 0 Å². The molecule has 3 rings (SSSR count). The zero-order chi connectivity index (χ0) is 21.6. The van der Waals surface area contributed by atoms with Crippen molar-refractivity contribution in [2.75, 3.05) is 0 Å². The van der Waals surface area contributed by atoms with Crippen LogP contribution in [0.4, 0.5) is 0 Å². The van der Waals surface area contributed by atoms with Crippen molar-refractivity contribution in [2.45, 2.75) is 53.3 Å². The summed E-state index contributed by atoms with van der Waals surface area (Å²) in [7, 11) is 2.03. The van der Waals surface area contributed by atoms with Gasteiger partial charge in [0.15, 0.2) is 6.20 Å². The number of aryl methyl sites for hydroxylation is 3. The molecule has 3 aromatic rings. The Kier molecular flexibility index (Phi) is 4.76. The maximum absolute atomic E-state index is 8.70. The number of rotatable bonds is 4. The van der Waals surface area contributed by atoms with E-state index >= 15 is 0 Å². The monoisotopic (exact) mass is 360 g/mol. The summed E-state index contributed by atoms with van der Waals surface area (Å²) < 4.78 is 19.4. The van der Waals surface area contributed by atoms with E-state index in [1.165, 1.54) is 22.3 Å². The van der Waals surface area contributed by atoms with Crippen LogP contribution in [0.2, 0.25) is 0 Å². The Morgan fingerprint density at radius 2 is 1.37 bits per heavy atom. The van der Waals surface area contributed by atoms with E-state index in [-0.39, 0.29) is 0 Å². The van der Waals surface area contributed by atoms with Gasteiger partial charge >= 0.3 is 0 Å². The van der Waals surface area contributed by atoms with E-state index in [0.717, 1.165) is 22.4 Å². The van der Waals surface area contributed by atoms with Crippen LogP contribution in [0.1, 0.15) is 64.5 Å². The third-order valence-electron chi connectivity index (χ3n) is 5.28. The van der Waals surface area contributed by atoms with Crippen molar-refractivity contribution in [3.63, 3.8) is 0 Å². The predicted octanol–water partition coefficient (Wildman–Crippen LogP) is 6.71. The summed E-state index contributed by atoms with van der Waals surface area (Å²) >= 11 is 0. The molecule has 0 N–H and O–H groups in total. The number of aromatic nitrogens is 1. The quantitative estimate of drug-likeness (QED) is 0.455. The van der Waals surface area contributed by atoms with Gasteiger partial charge in [-0.15, -0.1) is 0 Å². The fourth-order valence-corrected chi connectivity index (χ4v) is 3.79. The minimum atomic E-state index is -0.780. The van der Waals surface area contributed by atoms with Crippen LogP contribution in [0.25, 0.3) is 22.4 Å². The van der Waals surface area contributed by atoms with Gasteiger partial charge in [-0.2, -0.15) is 0 Å². The summed E-state index contributed by atoms with van der Waals surface area (Å²) in [5.41, 5.74) is 8.94. The van der Waals surface area contributed by atoms with Crippen LogP contribution in [-0.2, 0) is 7.05 Å². The first kappa shape index (κ1) is 16.7. The summed E-state index contributed by atoms with van der Waals surface area (Å²) in [6.45, 7) is 11.9. The fourth-order valence-electron chi connectivity index (χ4n) is 3.79. The van der Waals surface area contributed by atoms with Crippen LogP contribution >= 0.6 is 0 Å². The molecule has 0 atom stereocenters. The molecule has 1 heterocycles. The topological polar surface area (TPSA) is 3.88 Å². The number of pyridine rings is 1. The third kappa shape index (κ3) is 3.83. The first-order chi connectivity index (χ1) is 13.4. The Bertz CT molecular complexity index is 1040. The molecule has 0 aliphatic rings. The molecule has 0 saturated heterocycles. The van der Waals surface area contributed by atoms with Gasteiger partial charge in [0.1, 0.15) is 7.05 Å². The molecule has 0 aliphatic heterocycles. The van der Waals surface area contributed by atoms with E-state index in [9.17, 15) is 0 Å². The minimum Gasteiger partial charge on any atom is -0.201 e. The van der Waals surface area contributed by atoms with Crippen LogP contribution in [0, 0.1) is 13.8 Å². The van der Waals surface area contributed by atoms with Gasteiger partial charge in [-0.25, -0.2) is 4.57 Å². The van der Waals surface area contributed by atoms with Gasteiger partial charge in [-0.1, -0.05) is 64.1 Å². The second-order valence-corrected chi connectivity index (χ2v) is 7.95. The molecule has 0 bridgehead atoms. The molecule has 0 aliphatic carbocycles. The van der Waals surface area contributed by atoms with E-state index in [1.54, 1.807) is 0 Å². The minimum absolute atomic E-state index is 0.762.